The van der Waals surface area contributed by atoms with E-state index in [0.717, 1.165) is 5.56 Å². The Balaban J connectivity index is 2.75. The quantitative estimate of drug-likeness (QED) is 0.621. The lowest BCUT2D eigenvalue weighted by Gasteiger charge is -2.05. The topological polar surface area (TPSA) is 20.2 Å². The molecule has 1 aromatic carbocycles. The Labute approximate surface area is 66.1 Å². The molecule has 1 N–H and O–H groups in total. The molecular formula is C8H10OS. The van der Waals surface area contributed by atoms with Crippen LogP contribution in [0.4, 0.5) is 0 Å². The molecule has 0 radical (unpaired) electrons. The molecule has 0 heterocycles. The van der Waals surface area contributed by atoms with E-state index in [0.29, 0.717) is 0 Å². The predicted molar refractivity (Wildman–Crippen MR) is 45.3 cm³/mol. The molecule has 0 aliphatic heterocycles. The second-order valence-electron chi connectivity index (χ2n) is 2.11. The van der Waals surface area contributed by atoms with Crippen LogP contribution in [0, 0.1) is 0 Å². The normalized spacial score (nSPS) is 13.0. The van der Waals surface area contributed by atoms with Gasteiger partial charge in [0.05, 0.1) is 6.61 Å². The molecule has 0 fully saturated rings. The molecule has 0 saturated heterocycles. The van der Waals surface area contributed by atoms with E-state index < -0.39 is 0 Å². The highest BCUT2D eigenvalue weighted by Gasteiger charge is 2.01. The van der Waals surface area contributed by atoms with E-state index in [1.807, 2.05) is 30.3 Å². The fourth-order valence-corrected chi connectivity index (χ4v) is 0.953. The number of aliphatic hydroxyl groups excluding tert-OH is 1. The van der Waals surface area contributed by atoms with Gasteiger partial charge in [-0.1, -0.05) is 30.3 Å². The molecule has 1 nitrogen and oxygen atoms in total. The fraction of sp³-hybridized carbons (Fsp3) is 0.250. The lowest BCUT2D eigenvalue weighted by molar-refractivity contribution is 0.297. The zero-order valence-electron chi connectivity index (χ0n) is 5.57. The van der Waals surface area contributed by atoms with Gasteiger partial charge in [-0.25, -0.2) is 0 Å². The zero-order chi connectivity index (χ0) is 7.40. The maximum atomic E-state index is 8.71. The maximum absolute atomic E-state index is 8.71. The number of hydrogen-bond donors (Lipinski definition) is 2. The molecule has 0 bridgehead atoms. The lowest BCUT2D eigenvalue weighted by atomic mass is 10.2. The zero-order valence-corrected chi connectivity index (χ0v) is 6.46. The second kappa shape index (κ2) is 3.64. The third-order valence-electron chi connectivity index (χ3n) is 1.36. The standard InChI is InChI=1S/C8H10OS/c9-6-8(10)7-4-2-1-3-5-7/h1-5,8-10H,6H2/t8-/m0/s1. The third kappa shape index (κ3) is 1.75. The van der Waals surface area contributed by atoms with Crippen molar-refractivity contribution in [2.75, 3.05) is 6.61 Å². The number of rotatable bonds is 2. The summed E-state index contributed by atoms with van der Waals surface area (Å²) in [5.41, 5.74) is 1.06. The molecule has 0 unspecified atom stereocenters. The van der Waals surface area contributed by atoms with Crippen LogP contribution in [0.25, 0.3) is 0 Å². The van der Waals surface area contributed by atoms with Crippen LogP contribution in [0.2, 0.25) is 0 Å². The highest BCUT2D eigenvalue weighted by molar-refractivity contribution is 7.80. The summed E-state index contributed by atoms with van der Waals surface area (Å²) in [6, 6.07) is 9.73. The van der Waals surface area contributed by atoms with Crippen molar-refractivity contribution in [3.05, 3.63) is 35.9 Å². The van der Waals surface area contributed by atoms with Gasteiger partial charge in [-0.15, -0.1) is 0 Å². The third-order valence-corrected chi connectivity index (χ3v) is 1.82. The molecule has 1 aromatic rings. The molecule has 2 heteroatoms. The summed E-state index contributed by atoms with van der Waals surface area (Å²) >= 11 is 4.17. The molecule has 0 saturated carbocycles. The Morgan fingerprint density at radius 1 is 1.30 bits per heavy atom. The Morgan fingerprint density at radius 2 is 1.90 bits per heavy atom. The van der Waals surface area contributed by atoms with E-state index in [1.165, 1.54) is 0 Å². The van der Waals surface area contributed by atoms with E-state index in [2.05, 4.69) is 12.6 Å². The average Bonchev–Trinajstić information content (AvgIpc) is 2.05. The molecule has 54 valence electrons. The highest BCUT2D eigenvalue weighted by atomic mass is 32.1. The van der Waals surface area contributed by atoms with Crippen molar-refractivity contribution in [3.63, 3.8) is 0 Å². The van der Waals surface area contributed by atoms with E-state index >= 15 is 0 Å². The van der Waals surface area contributed by atoms with Crippen LogP contribution in [0.3, 0.4) is 0 Å². The number of benzene rings is 1. The predicted octanol–water partition coefficient (Wildman–Crippen LogP) is 1.65. The summed E-state index contributed by atoms with van der Waals surface area (Å²) in [4.78, 5) is 0. The SMILES string of the molecule is OC[C@H](S)c1ccccc1. The smallest absolute Gasteiger partial charge is 0.0588 e. The number of thiol groups is 1. The van der Waals surface area contributed by atoms with Crippen molar-refractivity contribution in [3.8, 4) is 0 Å². The number of aliphatic hydroxyl groups is 1. The molecule has 0 aliphatic carbocycles. The first-order valence-corrected chi connectivity index (χ1v) is 3.70. The van der Waals surface area contributed by atoms with Gasteiger partial charge in [0.25, 0.3) is 0 Å². The summed E-state index contributed by atoms with van der Waals surface area (Å²) in [6.07, 6.45) is 0. The molecule has 0 aromatic heterocycles. The molecule has 0 amide bonds. The minimum atomic E-state index is -0.0406. The number of hydrogen-bond acceptors (Lipinski definition) is 2. The maximum Gasteiger partial charge on any atom is 0.0588 e. The molecule has 1 atom stereocenters. The first-order chi connectivity index (χ1) is 4.84. The van der Waals surface area contributed by atoms with Crippen molar-refractivity contribution in [2.24, 2.45) is 0 Å². The van der Waals surface area contributed by atoms with Gasteiger partial charge < -0.3 is 5.11 Å². The van der Waals surface area contributed by atoms with Gasteiger partial charge in [-0.3, -0.25) is 0 Å². The van der Waals surface area contributed by atoms with Gasteiger partial charge in [-0.2, -0.15) is 12.6 Å². The monoisotopic (exact) mass is 154 g/mol. The van der Waals surface area contributed by atoms with Crippen LogP contribution >= 0.6 is 12.6 Å². The van der Waals surface area contributed by atoms with Crippen molar-refractivity contribution in [1.29, 1.82) is 0 Å². The van der Waals surface area contributed by atoms with Gasteiger partial charge >= 0.3 is 0 Å². The van der Waals surface area contributed by atoms with Crippen LogP contribution < -0.4 is 0 Å². The second-order valence-corrected chi connectivity index (χ2v) is 2.73. The van der Waals surface area contributed by atoms with Gasteiger partial charge in [-0.05, 0) is 5.56 Å². The van der Waals surface area contributed by atoms with Crippen molar-refractivity contribution in [2.45, 2.75) is 5.25 Å². The Morgan fingerprint density at radius 3 is 2.40 bits per heavy atom. The molecule has 0 spiro atoms. The largest absolute Gasteiger partial charge is 0.395 e. The molecule has 0 aliphatic rings. The van der Waals surface area contributed by atoms with E-state index in [9.17, 15) is 0 Å². The summed E-state index contributed by atoms with van der Waals surface area (Å²) < 4.78 is 0. The van der Waals surface area contributed by atoms with Crippen LogP contribution in [0.15, 0.2) is 30.3 Å². The first kappa shape index (κ1) is 7.63. The van der Waals surface area contributed by atoms with Crippen LogP contribution in [-0.4, -0.2) is 11.7 Å². The van der Waals surface area contributed by atoms with Crippen LogP contribution in [0.1, 0.15) is 10.8 Å². The van der Waals surface area contributed by atoms with E-state index in [-0.39, 0.29) is 11.9 Å². The average molecular weight is 154 g/mol. The van der Waals surface area contributed by atoms with Crippen molar-refractivity contribution < 1.29 is 5.11 Å². The van der Waals surface area contributed by atoms with Crippen molar-refractivity contribution >= 4 is 12.6 Å². The minimum absolute atomic E-state index is 0.0406. The summed E-state index contributed by atoms with van der Waals surface area (Å²) in [5, 5.41) is 8.67. The lowest BCUT2D eigenvalue weighted by Crippen LogP contribution is -1.94. The Bertz CT molecular complexity index is 186. The highest BCUT2D eigenvalue weighted by Crippen LogP contribution is 2.17. The van der Waals surface area contributed by atoms with Gasteiger partial charge in [0.2, 0.25) is 0 Å². The van der Waals surface area contributed by atoms with E-state index in [4.69, 9.17) is 5.11 Å². The summed E-state index contributed by atoms with van der Waals surface area (Å²) in [6.45, 7) is 0.0904. The fourth-order valence-electron chi connectivity index (χ4n) is 0.781. The molecular weight excluding hydrogens is 144 g/mol. The summed E-state index contributed by atoms with van der Waals surface area (Å²) in [7, 11) is 0. The minimum Gasteiger partial charge on any atom is -0.395 e. The Hall–Kier alpha value is -0.470. The van der Waals surface area contributed by atoms with E-state index in [1.54, 1.807) is 0 Å². The molecule has 1 rings (SSSR count). The Kier molecular flexibility index (Phi) is 2.78. The van der Waals surface area contributed by atoms with Gasteiger partial charge in [0.15, 0.2) is 0 Å². The molecule has 10 heavy (non-hydrogen) atoms. The van der Waals surface area contributed by atoms with Gasteiger partial charge in [0.1, 0.15) is 0 Å². The first-order valence-electron chi connectivity index (χ1n) is 3.18. The van der Waals surface area contributed by atoms with Crippen LogP contribution in [0.5, 0.6) is 0 Å². The van der Waals surface area contributed by atoms with Gasteiger partial charge in [0, 0.05) is 5.25 Å². The summed E-state index contributed by atoms with van der Waals surface area (Å²) in [5.74, 6) is 0. The van der Waals surface area contributed by atoms with Crippen molar-refractivity contribution in [1.82, 2.24) is 0 Å². The van der Waals surface area contributed by atoms with Crippen LogP contribution in [-0.2, 0) is 0 Å².